The van der Waals surface area contributed by atoms with Gasteiger partial charge in [-0.3, -0.25) is 0 Å². The fourth-order valence-electron chi connectivity index (χ4n) is 1.95. The standard InChI is InChI=1S/C17H19N3O/c1-2-7-19-12-14-4-3-5-17(10-14)21-13-15-6-8-20-16(9-15)11-18/h3-6,8-10,19H,2,7,12-13H2,1H3. The summed E-state index contributed by atoms with van der Waals surface area (Å²) in [6.45, 7) is 4.44. The number of nitriles is 1. The minimum absolute atomic E-state index is 0.411. The first-order chi connectivity index (χ1) is 10.3. The quantitative estimate of drug-likeness (QED) is 0.793. The molecule has 0 unspecified atom stereocenters. The van der Waals surface area contributed by atoms with Crippen molar-refractivity contribution in [3.63, 3.8) is 0 Å². The topological polar surface area (TPSA) is 57.9 Å². The molecule has 1 heterocycles. The van der Waals surface area contributed by atoms with Crippen LogP contribution in [0.25, 0.3) is 0 Å². The van der Waals surface area contributed by atoms with Crippen molar-refractivity contribution in [3.8, 4) is 11.8 Å². The number of hydrogen-bond acceptors (Lipinski definition) is 4. The van der Waals surface area contributed by atoms with Gasteiger partial charge in [0.2, 0.25) is 0 Å². The number of nitrogens with one attached hydrogen (secondary N) is 1. The molecule has 1 N–H and O–H groups in total. The summed E-state index contributed by atoms with van der Waals surface area (Å²) in [4.78, 5) is 3.94. The zero-order valence-electron chi connectivity index (χ0n) is 12.2. The average molecular weight is 281 g/mol. The van der Waals surface area contributed by atoms with Crippen LogP contribution in [0.1, 0.15) is 30.2 Å². The molecule has 0 aliphatic rings. The maximum absolute atomic E-state index is 8.83. The Balaban J connectivity index is 1.93. The maximum atomic E-state index is 8.83. The first kappa shape index (κ1) is 15.0. The van der Waals surface area contributed by atoms with Gasteiger partial charge in [0.1, 0.15) is 24.1 Å². The van der Waals surface area contributed by atoms with Gasteiger partial charge in [0.05, 0.1) is 0 Å². The molecule has 1 aromatic carbocycles. The molecule has 2 rings (SSSR count). The predicted octanol–water partition coefficient (Wildman–Crippen LogP) is 3.03. The van der Waals surface area contributed by atoms with Crippen LogP contribution in [0, 0.1) is 11.3 Å². The number of hydrogen-bond donors (Lipinski definition) is 1. The van der Waals surface area contributed by atoms with E-state index in [1.54, 1.807) is 12.3 Å². The molecule has 0 aliphatic heterocycles. The van der Waals surface area contributed by atoms with Gasteiger partial charge in [-0.25, -0.2) is 4.98 Å². The van der Waals surface area contributed by atoms with E-state index >= 15 is 0 Å². The number of aromatic nitrogens is 1. The second-order valence-corrected chi connectivity index (χ2v) is 4.77. The smallest absolute Gasteiger partial charge is 0.140 e. The van der Waals surface area contributed by atoms with Crippen LogP contribution in [0.15, 0.2) is 42.6 Å². The van der Waals surface area contributed by atoms with Crippen molar-refractivity contribution in [1.29, 1.82) is 5.26 Å². The van der Waals surface area contributed by atoms with Gasteiger partial charge in [-0.1, -0.05) is 19.1 Å². The van der Waals surface area contributed by atoms with Gasteiger partial charge >= 0.3 is 0 Å². The van der Waals surface area contributed by atoms with E-state index in [9.17, 15) is 0 Å². The third-order valence-corrected chi connectivity index (χ3v) is 3.00. The molecule has 0 spiro atoms. The SMILES string of the molecule is CCCNCc1cccc(OCc2ccnc(C#N)c2)c1. The summed E-state index contributed by atoms with van der Waals surface area (Å²) in [6.07, 6.45) is 2.75. The summed E-state index contributed by atoms with van der Waals surface area (Å²) < 4.78 is 5.77. The Labute approximate surface area is 125 Å². The molecule has 0 amide bonds. The van der Waals surface area contributed by atoms with Gasteiger partial charge in [-0.2, -0.15) is 5.26 Å². The number of ether oxygens (including phenoxy) is 1. The summed E-state index contributed by atoms with van der Waals surface area (Å²) in [6, 6.07) is 13.7. The third-order valence-electron chi connectivity index (χ3n) is 3.00. The van der Waals surface area contributed by atoms with E-state index in [0.29, 0.717) is 12.3 Å². The summed E-state index contributed by atoms with van der Waals surface area (Å²) >= 11 is 0. The van der Waals surface area contributed by atoms with E-state index < -0.39 is 0 Å². The Bertz CT molecular complexity index is 619. The van der Waals surface area contributed by atoms with Crippen molar-refractivity contribution in [1.82, 2.24) is 10.3 Å². The predicted molar refractivity (Wildman–Crippen MR) is 81.7 cm³/mol. The summed E-state index contributed by atoms with van der Waals surface area (Å²) in [7, 11) is 0. The molecule has 0 saturated carbocycles. The lowest BCUT2D eigenvalue weighted by molar-refractivity contribution is 0.305. The lowest BCUT2D eigenvalue weighted by Gasteiger charge is -2.09. The van der Waals surface area contributed by atoms with Gasteiger partial charge in [-0.05, 0) is 48.4 Å². The van der Waals surface area contributed by atoms with E-state index in [-0.39, 0.29) is 0 Å². The Morgan fingerprint density at radius 1 is 1.24 bits per heavy atom. The molecule has 4 heteroatoms. The van der Waals surface area contributed by atoms with E-state index in [1.807, 2.05) is 30.3 Å². The second-order valence-electron chi connectivity index (χ2n) is 4.77. The van der Waals surface area contributed by atoms with Crippen LogP contribution in [0.4, 0.5) is 0 Å². The first-order valence-corrected chi connectivity index (χ1v) is 7.09. The second kappa shape index (κ2) is 8.03. The largest absolute Gasteiger partial charge is 0.489 e. The van der Waals surface area contributed by atoms with Crippen molar-refractivity contribution in [2.75, 3.05) is 6.54 Å². The summed E-state index contributed by atoms with van der Waals surface area (Å²) in [5, 5.41) is 12.2. The minimum Gasteiger partial charge on any atom is -0.489 e. The van der Waals surface area contributed by atoms with Crippen molar-refractivity contribution in [2.45, 2.75) is 26.5 Å². The maximum Gasteiger partial charge on any atom is 0.140 e. The molecule has 0 saturated heterocycles. The molecular weight excluding hydrogens is 262 g/mol. The van der Waals surface area contributed by atoms with Crippen LogP contribution in [0.5, 0.6) is 5.75 Å². The normalized spacial score (nSPS) is 10.1. The van der Waals surface area contributed by atoms with Gasteiger partial charge in [0.25, 0.3) is 0 Å². The van der Waals surface area contributed by atoms with Crippen LogP contribution in [0.3, 0.4) is 0 Å². The van der Waals surface area contributed by atoms with Gasteiger partial charge in [0.15, 0.2) is 0 Å². The van der Waals surface area contributed by atoms with Crippen LogP contribution < -0.4 is 10.1 Å². The fourth-order valence-corrected chi connectivity index (χ4v) is 1.95. The summed E-state index contributed by atoms with van der Waals surface area (Å²) in [5.74, 6) is 0.834. The highest BCUT2D eigenvalue weighted by atomic mass is 16.5. The Hall–Kier alpha value is -2.38. The Kier molecular flexibility index (Phi) is 5.74. The van der Waals surface area contributed by atoms with Crippen LogP contribution in [-0.4, -0.2) is 11.5 Å². The zero-order chi connectivity index (χ0) is 14.9. The molecule has 0 radical (unpaired) electrons. The molecular formula is C17H19N3O. The molecule has 0 aliphatic carbocycles. The Morgan fingerprint density at radius 3 is 2.95 bits per heavy atom. The van der Waals surface area contributed by atoms with E-state index in [4.69, 9.17) is 10.00 Å². The number of nitrogens with zero attached hydrogens (tertiary/aromatic N) is 2. The first-order valence-electron chi connectivity index (χ1n) is 7.09. The molecule has 0 fully saturated rings. The molecule has 21 heavy (non-hydrogen) atoms. The van der Waals surface area contributed by atoms with Crippen molar-refractivity contribution >= 4 is 0 Å². The average Bonchev–Trinajstić information content (AvgIpc) is 2.54. The van der Waals surface area contributed by atoms with Gasteiger partial charge in [-0.15, -0.1) is 0 Å². The monoisotopic (exact) mass is 281 g/mol. The molecule has 0 atom stereocenters. The highest BCUT2D eigenvalue weighted by molar-refractivity contribution is 5.29. The molecule has 1 aromatic heterocycles. The van der Waals surface area contributed by atoms with Crippen molar-refractivity contribution in [3.05, 3.63) is 59.4 Å². The van der Waals surface area contributed by atoms with E-state index in [2.05, 4.69) is 23.3 Å². The highest BCUT2D eigenvalue weighted by Crippen LogP contribution is 2.15. The van der Waals surface area contributed by atoms with E-state index in [1.165, 1.54) is 5.56 Å². The van der Waals surface area contributed by atoms with Crippen LogP contribution >= 0.6 is 0 Å². The molecule has 108 valence electrons. The summed E-state index contributed by atoms with van der Waals surface area (Å²) in [5.41, 5.74) is 2.55. The van der Waals surface area contributed by atoms with Gasteiger partial charge < -0.3 is 10.1 Å². The fraction of sp³-hybridized carbons (Fsp3) is 0.294. The Morgan fingerprint density at radius 2 is 2.14 bits per heavy atom. The zero-order valence-corrected chi connectivity index (χ0v) is 12.2. The number of benzene rings is 1. The van der Waals surface area contributed by atoms with Crippen molar-refractivity contribution in [2.24, 2.45) is 0 Å². The van der Waals surface area contributed by atoms with E-state index in [0.717, 1.165) is 30.8 Å². The lowest BCUT2D eigenvalue weighted by atomic mass is 10.2. The lowest BCUT2D eigenvalue weighted by Crippen LogP contribution is -2.13. The van der Waals surface area contributed by atoms with Gasteiger partial charge in [0, 0.05) is 12.7 Å². The molecule has 2 aromatic rings. The van der Waals surface area contributed by atoms with Crippen molar-refractivity contribution < 1.29 is 4.74 Å². The molecule has 4 nitrogen and oxygen atoms in total. The number of rotatable bonds is 7. The molecule has 0 bridgehead atoms. The number of pyridine rings is 1. The van der Waals surface area contributed by atoms with Crippen LogP contribution in [-0.2, 0) is 13.2 Å². The minimum atomic E-state index is 0.411. The van der Waals surface area contributed by atoms with Crippen LogP contribution in [0.2, 0.25) is 0 Å². The third kappa shape index (κ3) is 4.90. The highest BCUT2D eigenvalue weighted by Gasteiger charge is 2.00.